The van der Waals surface area contributed by atoms with Gasteiger partial charge >= 0.3 is 0 Å². The minimum atomic E-state index is 0.420. The summed E-state index contributed by atoms with van der Waals surface area (Å²) >= 11 is 0. The fraction of sp³-hybridized carbons (Fsp3) is 0.733. The first-order valence-corrected chi connectivity index (χ1v) is 7.29. The third-order valence-electron chi connectivity index (χ3n) is 3.75. The van der Waals surface area contributed by atoms with Crippen molar-refractivity contribution < 1.29 is 9.15 Å². The molecule has 4 heteroatoms. The van der Waals surface area contributed by atoms with Gasteiger partial charge in [-0.1, -0.05) is 6.92 Å². The van der Waals surface area contributed by atoms with E-state index in [1.54, 1.807) is 0 Å². The van der Waals surface area contributed by atoms with E-state index in [4.69, 9.17) is 9.15 Å². The van der Waals surface area contributed by atoms with Crippen molar-refractivity contribution in [2.45, 2.75) is 45.9 Å². The molecular formula is C15H26N2O2. The monoisotopic (exact) mass is 266 g/mol. The summed E-state index contributed by atoms with van der Waals surface area (Å²) in [5.74, 6) is 2.05. The van der Waals surface area contributed by atoms with Gasteiger partial charge in [0.2, 0.25) is 0 Å². The van der Waals surface area contributed by atoms with Crippen molar-refractivity contribution >= 4 is 0 Å². The molecule has 1 atom stereocenters. The molecule has 0 aliphatic carbocycles. The van der Waals surface area contributed by atoms with Crippen LogP contribution in [0, 0.1) is 6.92 Å². The number of nitrogens with one attached hydrogen (secondary N) is 1. The number of aryl methyl sites for hydroxylation is 1. The van der Waals surface area contributed by atoms with E-state index >= 15 is 0 Å². The largest absolute Gasteiger partial charge is 0.465 e. The van der Waals surface area contributed by atoms with E-state index in [9.17, 15) is 0 Å². The minimum Gasteiger partial charge on any atom is -0.465 e. The molecule has 19 heavy (non-hydrogen) atoms. The average Bonchev–Trinajstić information content (AvgIpc) is 3.00. The Kier molecular flexibility index (Phi) is 5.43. The maximum Gasteiger partial charge on any atom is 0.118 e. The topological polar surface area (TPSA) is 37.6 Å². The molecule has 1 aromatic heterocycles. The summed E-state index contributed by atoms with van der Waals surface area (Å²) in [6, 6.07) is 2.17. The lowest BCUT2D eigenvalue weighted by Crippen LogP contribution is -2.31. The van der Waals surface area contributed by atoms with Crippen LogP contribution >= 0.6 is 0 Å². The first-order chi connectivity index (χ1) is 9.22. The molecule has 0 radical (unpaired) electrons. The first-order valence-electron chi connectivity index (χ1n) is 7.29. The summed E-state index contributed by atoms with van der Waals surface area (Å²) < 4.78 is 11.5. The van der Waals surface area contributed by atoms with Gasteiger partial charge in [-0.3, -0.25) is 4.90 Å². The lowest BCUT2D eigenvalue weighted by molar-refractivity contribution is 0.0723. The Hall–Kier alpha value is -0.840. The van der Waals surface area contributed by atoms with Crippen LogP contribution in [0.4, 0.5) is 0 Å². The van der Waals surface area contributed by atoms with Gasteiger partial charge in [-0.05, 0) is 39.4 Å². The molecule has 0 amide bonds. The number of likely N-dealkylation sites (N-methyl/N-ethyl adjacent to an activating group) is 1. The van der Waals surface area contributed by atoms with E-state index in [-0.39, 0.29) is 0 Å². The van der Waals surface area contributed by atoms with E-state index in [0.717, 1.165) is 44.3 Å². The van der Waals surface area contributed by atoms with Crippen molar-refractivity contribution in [3.63, 3.8) is 0 Å². The van der Waals surface area contributed by atoms with E-state index in [1.165, 1.54) is 18.4 Å². The summed E-state index contributed by atoms with van der Waals surface area (Å²) in [7, 11) is 1.94. The van der Waals surface area contributed by atoms with Crippen molar-refractivity contribution in [1.29, 1.82) is 0 Å². The third-order valence-corrected chi connectivity index (χ3v) is 3.75. The maximum atomic E-state index is 5.75. The summed E-state index contributed by atoms with van der Waals surface area (Å²) in [5.41, 5.74) is 1.30. The molecule has 2 rings (SSSR count). The molecule has 1 aliphatic heterocycles. The van der Waals surface area contributed by atoms with Crippen molar-refractivity contribution in [2.24, 2.45) is 0 Å². The number of furan rings is 1. The standard InChI is InChI=1S/C15H26N2O2/c1-4-17(11-14-6-5-7-18-14)10-13-8-15(9-16-3)19-12(13)2/h8,14,16H,4-7,9-11H2,1-3H3. The van der Waals surface area contributed by atoms with Gasteiger partial charge in [0.25, 0.3) is 0 Å². The lowest BCUT2D eigenvalue weighted by atomic mass is 10.2. The van der Waals surface area contributed by atoms with Crippen LogP contribution in [0.1, 0.15) is 36.8 Å². The molecule has 0 saturated carbocycles. The van der Waals surface area contributed by atoms with Crippen molar-refractivity contribution in [3.05, 3.63) is 23.2 Å². The molecule has 1 unspecified atom stereocenters. The zero-order valence-electron chi connectivity index (χ0n) is 12.4. The summed E-state index contributed by atoms with van der Waals surface area (Å²) in [4.78, 5) is 2.44. The Labute approximate surface area is 116 Å². The minimum absolute atomic E-state index is 0.420. The van der Waals surface area contributed by atoms with E-state index in [0.29, 0.717) is 6.10 Å². The maximum absolute atomic E-state index is 5.75. The number of hydrogen-bond acceptors (Lipinski definition) is 4. The van der Waals surface area contributed by atoms with E-state index in [2.05, 4.69) is 30.1 Å². The highest BCUT2D eigenvalue weighted by atomic mass is 16.5. The first kappa shape index (κ1) is 14.6. The van der Waals surface area contributed by atoms with Crippen LogP contribution in [0.25, 0.3) is 0 Å². The third kappa shape index (κ3) is 4.06. The van der Waals surface area contributed by atoms with E-state index < -0.39 is 0 Å². The number of rotatable bonds is 7. The van der Waals surface area contributed by atoms with Crippen LogP contribution in [0.2, 0.25) is 0 Å². The zero-order chi connectivity index (χ0) is 13.7. The molecule has 1 fully saturated rings. The molecule has 0 bridgehead atoms. The molecule has 0 aromatic carbocycles. The van der Waals surface area contributed by atoms with Gasteiger partial charge in [-0.15, -0.1) is 0 Å². The molecule has 1 aliphatic rings. The van der Waals surface area contributed by atoms with Gasteiger partial charge in [0.1, 0.15) is 11.5 Å². The lowest BCUT2D eigenvalue weighted by Gasteiger charge is -2.23. The summed E-state index contributed by atoms with van der Waals surface area (Å²) in [5, 5.41) is 3.12. The average molecular weight is 266 g/mol. The van der Waals surface area contributed by atoms with Gasteiger partial charge in [0.05, 0.1) is 12.6 Å². The van der Waals surface area contributed by atoms with Gasteiger partial charge in [0.15, 0.2) is 0 Å². The number of nitrogens with zero attached hydrogens (tertiary/aromatic N) is 1. The molecule has 2 heterocycles. The van der Waals surface area contributed by atoms with Crippen LogP contribution in [0.5, 0.6) is 0 Å². The molecule has 4 nitrogen and oxygen atoms in total. The van der Waals surface area contributed by atoms with Crippen LogP contribution < -0.4 is 5.32 Å². The van der Waals surface area contributed by atoms with Gasteiger partial charge in [-0.25, -0.2) is 0 Å². The normalized spacial score (nSPS) is 19.5. The molecule has 1 N–H and O–H groups in total. The molecule has 1 saturated heterocycles. The smallest absolute Gasteiger partial charge is 0.118 e. The Morgan fingerprint density at radius 1 is 1.47 bits per heavy atom. The van der Waals surface area contributed by atoms with Crippen LogP contribution in [-0.2, 0) is 17.8 Å². The zero-order valence-corrected chi connectivity index (χ0v) is 12.4. The van der Waals surface area contributed by atoms with Gasteiger partial charge in [-0.2, -0.15) is 0 Å². The number of ether oxygens (including phenoxy) is 1. The second-order valence-electron chi connectivity index (χ2n) is 5.29. The number of hydrogen-bond donors (Lipinski definition) is 1. The Morgan fingerprint density at radius 3 is 2.95 bits per heavy atom. The van der Waals surface area contributed by atoms with Crippen molar-refractivity contribution in [1.82, 2.24) is 10.2 Å². The predicted molar refractivity (Wildman–Crippen MR) is 76.1 cm³/mol. The molecule has 1 aromatic rings. The second kappa shape index (κ2) is 7.08. The Morgan fingerprint density at radius 2 is 2.32 bits per heavy atom. The molecule has 108 valence electrons. The quantitative estimate of drug-likeness (QED) is 0.822. The van der Waals surface area contributed by atoms with E-state index in [1.807, 2.05) is 7.05 Å². The SMILES string of the molecule is CCN(Cc1cc(CNC)oc1C)CC1CCCO1. The van der Waals surface area contributed by atoms with Gasteiger partial charge in [0, 0.05) is 25.3 Å². The molecular weight excluding hydrogens is 240 g/mol. The van der Waals surface area contributed by atoms with Crippen LogP contribution in [0.3, 0.4) is 0 Å². The highest BCUT2D eigenvalue weighted by molar-refractivity contribution is 5.20. The Bertz CT molecular complexity index is 383. The van der Waals surface area contributed by atoms with Gasteiger partial charge < -0.3 is 14.5 Å². The van der Waals surface area contributed by atoms with Crippen molar-refractivity contribution in [3.8, 4) is 0 Å². The fourth-order valence-corrected chi connectivity index (χ4v) is 2.63. The second-order valence-corrected chi connectivity index (χ2v) is 5.29. The molecule has 0 spiro atoms. The van der Waals surface area contributed by atoms with Crippen LogP contribution in [-0.4, -0.2) is 37.7 Å². The fourth-order valence-electron chi connectivity index (χ4n) is 2.63. The Balaban J connectivity index is 1.92. The summed E-state index contributed by atoms with van der Waals surface area (Å²) in [6.45, 7) is 9.01. The highest BCUT2D eigenvalue weighted by Gasteiger charge is 2.19. The predicted octanol–water partition coefficient (Wildman–Crippen LogP) is 2.31. The van der Waals surface area contributed by atoms with Crippen LogP contribution in [0.15, 0.2) is 10.5 Å². The van der Waals surface area contributed by atoms with Crippen molar-refractivity contribution in [2.75, 3.05) is 26.7 Å². The summed E-state index contributed by atoms with van der Waals surface area (Å²) in [6.07, 6.45) is 2.83. The highest BCUT2D eigenvalue weighted by Crippen LogP contribution is 2.19.